The molecule has 0 bridgehead atoms. The molecule has 3 rings (SSSR count). The molecule has 9 nitrogen and oxygen atoms in total. The quantitative estimate of drug-likeness (QED) is 0.717. The maximum Gasteiger partial charge on any atom is 0.322 e. The summed E-state index contributed by atoms with van der Waals surface area (Å²) in [6, 6.07) is 11.1. The highest BCUT2D eigenvalue weighted by atomic mass is 16.5. The van der Waals surface area contributed by atoms with Crippen molar-refractivity contribution in [2.24, 2.45) is 0 Å². The molecule has 3 aromatic rings. The minimum absolute atomic E-state index is 0.0571. The average Bonchev–Trinajstić information content (AvgIpc) is 3.16. The molecule has 0 unspecified atom stereocenters. The Morgan fingerprint density at radius 1 is 1.08 bits per heavy atom. The number of amides is 1. The van der Waals surface area contributed by atoms with Crippen molar-refractivity contribution in [2.45, 2.75) is 6.54 Å². The highest BCUT2D eigenvalue weighted by molar-refractivity contribution is 5.92. The van der Waals surface area contributed by atoms with Crippen molar-refractivity contribution in [3.8, 4) is 23.3 Å². The number of hydrogen-bond acceptors (Lipinski definition) is 8. The molecule has 0 atom stereocenters. The van der Waals surface area contributed by atoms with E-state index in [2.05, 4.69) is 25.4 Å². The molecule has 0 radical (unpaired) electrons. The van der Waals surface area contributed by atoms with Gasteiger partial charge in [-0.25, -0.2) is 0 Å². The fourth-order valence-corrected chi connectivity index (χ4v) is 2.01. The lowest BCUT2D eigenvalue weighted by atomic mass is 10.1. The van der Waals surface area contributed by atoms with Crippen LogP contribution >= 0.6 is 0 Å². The summed E-state index contributed by atoms with van der Waals surface area (Å²) in [5.74, 6) is 0.391. The zero-order valence-corrected chi connectivity index (χ0v) is 13.6. The van der Waals surface area contributed by atoms with E-state index in [1.54, 1.807) is 6.07 Å². The van der Waals surface area contributed by atoms with Crippen molar-refractivity contribution in [1.29, 1.82) is 0 Å². The molecule has 2 heterocycles. The van der Waals surface area contributed by atoms with E-state index < -0.39 is 5.91 Å². The Kier molecular flexibility index (Phi) is 4.84. The largest absolute Gasteiger partial charge is 0.467 e. The predicted octanol–water partition coefficient (Wildman–Crippen LogP) is 1.47. The van der Waals surface area contributed by atoms with Crippen LogP contribution in [0.2, 0.25) is 0 Å². The third kappa shape index (κ3) is 3.89. The molecule has 0 aliphatic heterocycles. The summed E-state index contributed by atoms with van der Waals surface area (Å²) in [5, 5.41) is 6.44. The van der Waals surface area contributed by atoms with Gasteiger partial charge in [-0.2, -0.15) is 9.97 Å². The zero-order valence-electron chi connectivity index (χ0n) is 13.6. The van der Waals surface area contributed by atoms with Gasteiger partial charge in [0, 0.05) is 11.6 Å². The van der Waals surface area contributed by atoms with Crippen LogP contribution in [0.5, 0.6) is 12.0 Å². The Morgan fingerprint density at radius 2 is 1.76 bits per heavy atom. The highest BCUT2D eigenvalue weighted by Crippen LogP contribution is 2.19. The Morgan fingerprint density at radius 3 is 2.40 bits per heavy atom. The first-order valence-electron chi connectivity index (χ1n) is 7.33. The van der Waals surface area contributed by atoms with Gasteiger partial charge in [0.15, 0.2) is 17.3 Å². The minimum atomic E-state index is -0.413. The van der Waals surface area contributed by atoms with Crippen LogP contribution in [-0.2, 0) is 6.54 Å². The maximum atomic E-state index is 12.2. The molecule has 2 aromatic heterocycles. The summed E-state index contributed by atoms with van der Waals surface area (Å²) < 4.78 is 15.1. The van der Waals surface area contributed by atoms with Gasteiger partial charge in [0.25, 0.3) is 5.91 Å². The second-order valence-electron chi connectivity index (χ2n) is 4.85. The fraction of sp³-hybridized carbons (Fsp3) is 0.188. The van der Waals surface area contributed by atoms with Gasteiger partial charge in [0.2, 0.25) is 0 Å². The number of ether oxygens (including phenoxy) is 2. The van der Waals surface area contributed by atoms with Crippen LogP contribution in [0.25, 0.3) is 11.3 Å². The Hall–Kier alpha value is -3.49. The lowest BCUT2D eigenvalue weighted by Crippen LogP contribution is -2.24. The Balaban J connectivity index is 1.68. The van der Waals surface area contributed by atoms with Gasteiger partial charge in [0.1, 0.15) is 0 Å². The predicted molar refractivity (Wildman–Crippen MR) is 86.0 cm³/mol. The van der Waals surface area contributed by atoms with Crippen molar-refractivity contribution < 1.29 is 18.8 Å². The minimum Gasteiger partial charge on any atom is -0.467 e. The molecular formula is C16H15N5O4. The Bertz CT molecular complexity index is 844. The first-order chi connectivity index (χ1) is 12.2. The third-order valence-electron chi connectivity index (χ3n) is 3.21. The summed E-state index contributed by atoms with van der Waals surface area (Å²) in [7, 11) is 2.86. The smallest absolute Gasteiger partial charge is 0.322 e. The van der Waals surface area contributed by atoms with Crippen LogP contribution in [0.3, 0.4) is 0 Å². The van der Waals surface area contributed by atoms with Gasteiger partial charge in [-0.05, 0) is 0 Å². The molecule has 0 saturated carbocycles. The lowest BCUT2D eigenvalue weighted by molar-refractivity contribution is 0.0940. The van der Waals surface area contributed by atoms with Crippen molar-refractivity contribution in [1.82, 2.24) is 25.4 Å². The van der Waals surface area contributed by atoms with Crippen molar-refractivity contribution in [3.05, 3.63) is 47.9 Å². The highest BCUT2D eigenvalue weighted by Gasteiger charge is 2.15. The third-order valence-corrected chi connectivity index (χ3v) is 3.21. The number of nitrogens with one attached hydrogen (secondary N) is 1. The number of benzene rings is 1. The van der Waals surface area contributed by atoms with E-state index in [4.69, 9.17) is 14.0 Å². The normalized spacial score (nSPS) is 10.3. The summed E-state index contributed by atoms with van der Waals surface area (Å²) in [5.41, 5.74) is 0.993. The number of methoxy groups -OCH3 is 2. The summed E-state index contributed by atoms with van der Waals surface area (Å²) in [6.07, 6.45) is 0. The average molecular weight is 341 g/mol. The van der Waals surface area contributed by atoms with Crippen LogP contribution in [-0.4, -0.2) is 40.2 Å². The first-order valence-corrected chi connectivity index (χ1v) is 7.33. The van der Waals surface area contributed by atoms with E-state index in [0.717, 1.165) is 5.56 Å². The second-order valence-corrected chi connectivity index (χ2v) is 4.85. The van der Waals surface area contributed by atoms with Gasteiger partial charge in [-0.3, -0.25) is 4.79 Å². The first kappa shape index (κ1) is 16.4. The molecule has 0 spiro atoms. The lowest BCUT2D eigenvalue weighted by Gasteiger charge is -2.05. The van der Waals surface area contributed by atoms with Gasteiger partial charge < -0.3 is 19.3 Å². The van der Waals surface area contributed by atoms with E-state index in [0.29, 0.717) is 11.6 Å². The van der Waals surface area contributed by atoms with Gasteiger partial charge >= 0.3 is 12.0 Å². The standard InChI is InChI=1S/C16H15N5O4/c1-23-15-18-13(19-16(20-15)24-2)9-17-14(22)11-8-12(25-21-11)10-6-4-3-5-7-10/h3-8H,9H2,1-2H3,(H,17,22). The van der Waals surface area contributed by atoms with E-state index in [1.807, 2.05) is 30.3 Å². The van der Waals surface area contributed by atoms with Gasteiger partial charge in [0.05, 0.1) is 20.8 Å². The molecule has 0 fully saturated rings. The van der Waals surface area contributed by atoms with E-state index in [1.165, 1.54) is 14.2 Å². The topological polar surface area (TPSA) is 112 Å². The van der Waals surface area contributed by atoms with Crippen LogP contribution in [0.1, 0.15) is 16.3 Å². The molecule has 0 aliphatic rings. The van der Waals surface area contributed by atoms with Crippen LogP contribution in [0, 0.1) is 0 Å². The van der Waals surface area contributed by atoms with E-state index in [-0.39, 0.29) is 24.3 Å². The van der Waals surface area contributed by atoms with Crippen LogP contribution < -0.4 is 14.8 Å². The number of rotatable bonds is 6. The SMILES string of the molecule is COc1nc(CNC(=O)c2cc(-c3ccccc3)on2)nc(OC)n1. The molecule has 1 aromatic carbocycles. The molecule has 1 amide bonds. The maximum absolute atomic E-state index is 12.2. The number of carbonyl (C=O) groups excluding carboxylic acids is 1. The summed E-state index contributed by atoms with van der Waals surface area (Å²) in [6.45, 7) is 0.0571. The van der Waals surface area contributed by atoms with Crippen molar-refractivity contribution >= 4 is 5.91 Å². The number of aromatic nitrogens is 4. The summed E-state index contributed by atoms with van der Waals surface area (Å²) >= 11 is 0. The molecular weight excluding hydrogens is 326 g/mol. The van der Waals surface area contributed by atoms with Gasteiger partial charge in [-0.15, -0.1) is 4.98 Å². The molecule has 9 heteroatoms. The Labute approximate surface area is 143 Å². The number of hydrogen-bond donors (Lipinski definition) is 1. The monoisotopic (exact) mass is 341 g/mol. The van der Waals surface area contributed by atoms with Crippen molar-refractivity contribution in [3.63, 3.8) is 0 Å². The molecule has 25 heavy (non-hydrogen) atoms. The van der Waals surface area contributed by atoms with Crippen LogP contribution in [0.4, 0.5) is 0 Å². The van der Waals surface area contributed by atoms with Gasteiger partial charge in [-0.1, -0.05) is 35.5 Å². The van der Waals surface area contributed by atoms with Crippen molar-refractivity contribution in [2.75, 3.05) is 14.2 Å². The molecule has 128 valence electrons. The van der Waals surface area contributed by atoms with E-state index >= 15 is 0 Å². The zero-order chi connectivity index (χ0) is 17.6. The summed E-state index contributed by atoms with van der Waals surface area (Å²) in [4.78, 5) is 24.2. The molecule has 1 N–H and O–H groups in total. The second kappa shape index (κ2) is 7.39. The molecule has 0 aliphatic carbocycles. The fourth-order valence-electron chi connectivity index (χ4n) is 2.01. The van der Waals surface area contributed by atoms with E-state index in [9.17, 15) is 4.79 Å². The number of nitrogens with zero attached hydrogens (tertiary/aromatic N) is 4. The molecule has 0 saturated heterocycles. The van der Waals surface area contributed by atoms with Crippen LogP contribution in [0.15, 0.2) is 40.9 Å². The number of carbonyl (C=O) groups is 1.